The van der Waals surface area contributed by atoms with Gasteiger partial charge in [-0.2, -0.15) is 0 Å². The normalized spacial score (nSPS) is 14.8. The average Bonchev–Trinajstić information content (AvgIpc) is 3.02. The molecule has 1 aromatic rings. The Bertz CT molecular complexity index is 390. The molecule has 0 spiro atoms. The first-order valence-corrected chi connectivity index (χ1v) is 4.85. The van der Waals surface area contributed by atoms with Gasteiger partial charge >= 0.3 is 0 Å². The quantitative estimate of drug-likeness (QED) is 0.785. The van der Waals surface area contributed by atoms with E-state index in [1.807, 2.05) is 0 Å². The van der Waals surface area contributed by atoms with Crippen LogP contribution in [-0.2, 0) is 0 Å². The fourth-order valence-electron chi connectivity index (χ4n) is 1.28. The zero-order valence-corrected chi connectivity index (χ0v) is 8.38. The molecule has 0 radical (unpaired) electrons. The van der Waals surface area contributed by atoms with Gasteiger partial charge in [-0.3, -0.25) is 4.79 Å². The van der Waals surface area contributed by atoms with Crippen LogP contribution in [0.5, 0.6) is 0 Å². The highest BCUT2D eigenvalue weighted by atomic mass is 19.1. The van der Waals surface area contributed by atoms with Crippen LogP contribution < -0.4 is 10.6 Å². The third-order valence-electron chi connectivity index (χ3n) is 2.28. The van der Waals surface area contributed by atoms with Crippen molar-refractivity contribution in [1.82, 2.24) is 10.3 Å². The summed E-state index contributed by atoms with van der Waals surface area (Å²) in [5.74, 6) is -0.870. The van der Waals surface area contributed by atoms with E-state index >= 15 is 0 Å². The molecule has 2 rings (SSSR count). The third kappa shape index (κ3) is 2.06. The SMILES string of the molecule is CNc1nccc(C(=O)NC2CC2)c1F. The average molecular weight is 209 g/mol. The van der Waals surface area contributed by atoms with Crippen LogP contribution in [0.1, 0.15) is 23.2 Å². The monoisotopic (exact) mass is 209 g/mol. The van der Waals surface area contributed by atoms with Crippen LogP contribution in [0.2, 0.25) is 0 Å². The summed E-state index contributed by atoms with van der Waals surface area (Å²) >= 11 is 0. The Morgan fingerprint density at radius 2 is 2.33 bits per heavy atom. The highest BCUT2D eigenvalue weighted by Gasteiger charge is 2.25. The summed E-state index contributed by atoms with van der Waals surface area (Å²) in [5.41, 5.74) is 0.0428. The molecule has 0 atom stereocenters. The second-order valence-corrected chi connectivity index (χ2v) is 3.52. The van der Waals surface area contributed by atoms with Gasteiger partial charge < -0.3 is 10.6 Å². The minimum absolute atomic E-state index is 0.0428. The molecule has 1 aromatic heterocycles. The van der Waals surface area contributed by atoms with E-state index in [1.165, 1.54) is 12.3 Å². The van der Waals surface area contributed by atoms with Crippen LogP contribution in [-0.4, -0.2) is 24.0 Å². The standard InChI is InChI=1S/C10H12FN3O/c1-12-9-8(11)7(4-5-13-9)10(15)14-6-2-3-6/h4-6H,2-3H2,1H3,(H,12,13)(H,14,15). The molecule has 15 heavy (non-hydrogen) atoms. The van der Waals surface area contributed by atoms with Gasteiger partial charge in [0.1, 0.15) is 0 Å². The van der Waals surface area contributed by atoms with Crippen LogP contribution in [0.15, 0.2) is 12.3 Å². The number of pyridine rings is 1. The Labute approximate surface area is 86.9 Å². The summed E-state index contributed by atoms with van der Waals surface area (Å²) in [7, 11) is 1.56. The fraction of sp³-hybridized carbons (Fsp3) is 0.400. The zero-order chi connectivity index (χ0) is 10.8. The molecule has 4 nitrogen and oxygen atoms in total. The van der Waals surface area contributed by atoms with Gasteiger partial charge in [0.25, 0.3) is 5.91 Å². The van der Waals surface area contributed by atoms with Crippen LogP contribution in [0.3, 0.4) is 0 Å². The number of aromatic nitrogens is 1. The molecule has 0 aliphatic heterocycles. The van der Waals surface area contributed by atoms with Gasteiger partial charge in [0, 0.05) is 19.3 Å². The minimum Gasteiger partial charge on any atom is -0.371 e. The van der Waals surface area contributed by atoms with E-state index in [-0.39, 0.29) is 23.3 Å². The molecule has 1 saturated carbocycles. The molecular weight excluding hydrogens is 197 g/mol. The van der Waals surface area contributed by atoms with Crippen molar-refractivity contribution < 1.29 is 9.18 Å². The predicted molar refractivity (Wildman–Crippen MR) is 54.2 cm³/mol. The van der Waals surface area contributed by atoms with Gasteiger partial charge in [-0.05, 0) is 18.9 Å². The molecule has 0 bridgehead atoms. The molecule has 0 aromatic carbocycles. The first-order chi connectivity index (χ1) is 7.22. The number of carbonyl (C=O) groups is 1. The van der Waals surface area contributed by atoms with Gasteiger partial charge in [0.2, 0.25) is 0 Å². The lowest BCUT2D eigenvalue weighted by atomic mass is 10.2. The molecule has 1 aliphatic carbocycles. The van der Waals surface area contributed by atoms with E-state index in [0.717, 1.165) is 12.8 Å². The van der Waals surface area contributed by atoms with E-state index < -0.39 is 5.82 Å². The van der Waals surface area contributed by atoms with E-state index in [1.54, 1.807) is 7.05 Å². The lowest BCUT2D eigenvalue weighted by molar-refractivity contribution is 0.0947. The molecule has 2 N–H and O–H groups in total. The minimum atomic E-state index is -0.599. The number of hydrogen-bond acceptors (Lipinski definition) is 3. The molecule has 5 heteroatoms. The predicted octanol–water partition coefficient (Wildman–Crippen LogP) is 1.15. The second-order valence-electron chi connectivity index (χ2n) is 3.52. The second kappa shape index (κ2) is 3.84. The maximum Gasteiger partial charge on any atom is 0.254 e. The summed E-state index contributed by atoms with van der Waals surface area (Å²) < 4.78 is 13.6. The van der Waals surface area contributed by atoms with Gasteiger partial charge in [-0.25, -0.2) is 9.37 Å². The first-order valence-electron chi connectivity index (χ1n) is 4.85. The van der Waals surface area contributed by atoms with E-state index in [2.05, 4.69) is 15.6 Å². The van der Waals surface area contributed by atoms with E-state index in [4.69, 9.17) is 0 Å². The van der Waals surface area contributed by atoms with Crippen molar-refractivity contribution >= 4 is 11.7 Å². The molecule has 1 amide bonds. The molecule has 1 fully saturated rings. The van der Waals surface area contributed by atoms with Gasteiger partial charge in [-0.1, -0.05) is 0 Å². The number of carbonyl (C=O) groups excluding carboxylic acids is 1. The molecular formula is C10H12FN3O. The molecule has 0 saturated heterocycles. The topological polar surface area (TPSA) is 54.0 Å². The lowest BCUT2D eigenvalue weighted by Crippen LogP contribution is -2.26. The number of hydrogen-bond donors (Lipinski definition) is 2. The maximum atomic E-state index is 13.6. The van der Waals surface area contributed by atoms with Crippen molar-refractivity contribution in [3.63, 3.8) is 0 Å². The van der Waals surface area contributed by atoms with E-state index in [9.17, 15) is 9.18 Å². The highest BCUT2D eigenvalue weighted by molar-refractivity contribution is 5.95. The number of halogens is 1. The van der Waals surface area contributed by atoms with Gasteiger partial charge in [0.15, 0.2) is 11.6 Å². The molecule has 1 heterocycles. The Kier molecular flexibility index (Phi) is 2.53. The fourth-order valence-corrected chi connectivity index (χ4v) is 1.28. The van der Waals surface area contributed by atoms with Crippen molar-refractivity contribution in [2.75, 3.05) is 12.4 Å². The number of nitrogens with zero attached hydrogens (tertiary/aromatic N) is 1. The summed E-state index contributed by atoms with van der Waals surface area (Å²) in [5, 5.41) is 5.32. The Balaban J connectivity index is 2.22. The van der Waals surface area contributed by atoms with Crippen LogP contribution >= 0.6 is 0 Å². The number of nitrogens with one attached hydrogen (secondary N) is 2. The van der Waals surface area contributed by atoms with Crippen LogP contribution in [0, 0.1) is 5.82 Å². The van der Waals surface area contributed by atoms with Crippen molar-refractivity contribution in [2.24, 2.45) is 0 Å². The summed E-state index contributed by atoms with van der Waals surface area (Å²) in [4.78, 5) is 15.3. The van der Waals surface area contributed by atoms with Crippen molar-refractivity contribution in [3.8, 4) is 0 Å². The van der Waals surface area contributed by atoms with E-state index in [0.29, 0.717) is 0 Å². The Morgan fingerprint density at radius 1 is 1.60 bits per heavy atom. The Hall–Kier alpha value is -1.65. The highest BCUT2D eigenvalue weighted by Crippen LogP contribution is 2.20. The summed E-state index contributed by atoms with van der Waals surface area (Å²) in [6.07, 6.45) is 3.38. The smallest absolute Gasteiger partial charge is 0.254 e. The van der Waals surface area contributed by atoms with Gasteiger partial charge in [-0.15, -0.1) is 0 Å². The van der Waals surface area contributed by atoms with Crippen molar-refractivity contribution in [2.45, 2.75) is 18.9 Å². The number of anilines is 1. The summed E-state index contributed by atoms with van der Waals surface area (Å²) in [6, 6.07) is 1.61. The maximum absolute atomic E-state index is 13.6. The van der Waals surface area contributed by atoms with Crippen molar-refractivity contribution in [1.29, 1.82) is 0 Å². The van der Waals surface area contributed by atoms with Crippen molar-refractivity contribution in [3.05, 3.63) is 23.6 Å². The molecule has 1 aliphatic rings. The van der Waals surface area contributed by atoms with Crippen LogP contribution in [0.25, 0.3) is 0 Å². The zero-order valence-electron chi connectivity index (χ0n) is 8.38. The lowest BCUT2D eigenvalue weighted by Gasteiger charge is -2.06. The van der Waals surface area contributed by atoms with Crippen LogP contribution in [0.4, 0.5) is 10.2 Å². The first kappa shape index (κ1) is 9.89. The number of amides is 1. The largest absolute Gasteiger partial charge is 0.371 e. The molecule has 0 unspecified atom stereocenters. The van der Waals surface area contributed by atoms with Gasteiger partial charge in [0.05, 0.1) is 5.56 Å². The number of rotatable bonds is 3. The molecule has 80 valence electrons. The Morgan fingerprint density at radius 3 is 2.93 bits per heavy atom. The summed E-state index contributed by atoms with van der Waals surface area (Å²) in [6.45, 7) is 0. The third-order valence-corrected chi connectivity index (χ3v) is 2.28.